The number of methoxy groups -OCH3 is 1. The topological polar surface area (TPSA) is 187 Å². The molecule has 17 heteroatoms. The second-order valence-corrected chi connectivity index (χ2v) is 10.6. The van der Waals surface area contributed by atoms with E-state index < -0.39 is 38.8 Å². The third-order valence-corrected chi connectivity index (χ3v) is 8.16. The Hall–Kier alpha value is 1.22. The summed E-state index contributed by atoms with van der Waals surface area (Å²) in [4.78, 5) is 70.7. The summed E-state index contributed by atoms with van der Waals surface area (Å²) >= 11 is 0. The Morgan fingerprint density at radius 1 is 0.917 bits per heavy atom. The molecule has 1 amide bonds. The van der Waals surface area contributed by atoms with E-state index in [0.717, 1.165) is 10.8 Å². The molecule has 0 aliphatic carbocycles. The van der Waals surface area contributed by atoms with Crippen LogP contribution in [0.2, 0.25) is 0 Å². The average Bonchev–Trinajstić information content (AvgIpc) is 3.09. The molecule has 1 aromatic heterocycles. The number of benzene rings is 2. The van der Waals surface area contributed by atoms with Gasteiger partial charge in [0.2, 0.25) is 0 Å². The van der Waals surface area contributed by atoms with Crippen LogP contribution in [-0.4, -0.2) is 28.8 Å². The number of fused-ring (bicyclic) bond motifs is 1. The number of rotatable bonds is 8. The van der Waals surface area contributed by atoms with Crippen LogP contribution in [0.25, 0.3) is 10.9 Å². The molecule has 0 aliphatic heterocycles. The number of hydrogen-bond donors (Lipinski definition) is 1. The number of anilines is 1. The number of hydrogen-bond acceptors (Lipinski definition) is 9. The van der Waals surface area contributed by atoms with Gasteiger partial charge in [0.1, 0.15) is 5.75 Å². The van der Waals surface area contributed by atoms with Crippen LogP contribution in [0.15, 0.2) is 54.7 Å². The van der Waals surface area contributed by atoms with Gasteiger partial charge in [0.15, 0.2) is 0 Å². The Kier molecular flexibility index (Phi) is 18.0. The van der Waals surface area contributed by atoms with Crippen molar-refractivity contribution in [2.75, 3.05) is 12.4 Å². The van der Waals surface area contributed by atoms with E-state index in [1.54, 1.807) is 18.2 Å². The third-order valence-electron chi connectivity index (χ3n) is 4.68. The molecule has 3 rings (SSSR count). The van der Waals surface area contributed by atoms with Gasteiger partial charge in [-0.05, 0) is 30.3 Å². The van der Waals surface area contributed by atoms with Crippen molar-refractivity contribution in [2.24, 2.45) is 0 Å². The molecule has 0 atom stereocenters. The molecular weight excluding hydrogens is 554 g/mol. The van der Waals surface area contributed by atoms with Crippen LogP contribution in [0.3, 0.4) is 0 Å². The van der Waals surface area contributed by atoms with Crippen molar-refractivity contribution in [3.63, 3.8) is 0 Å². The van der Waals surface area contributed by atoms with Gasteiger partial charge in [-0.3, -0.25) is 9.59 Å². The predicted molar refractivity (Wildman–Crippen MR) is 107 cm³/mol. The van der Waals surface area contributed by atoms with Gasteiger partial charge in [0, 0.05) is 34.7 Å². The summed E-state index contributed by atoms with van der Waals surface area (Å²) in [5, 5.41) is -0.128. The van der Waals surface area contributed by atoms with Crippen molar-refractivity contribution in [3.05, 3.63) is 60.3 Å². The Morgan fingerprint density at radius 2 is 1.44 bits per heavy atom. The van der Waals surface area contributed by atoms with Crippen molar-refractivity contribution in [3.8, 4) is 5.75 Å². The number of ether oxygens (including phenoxy) is 1. The minimum absolute atomic E-state index is 0. The predicted octanol–water partition coefficient (Wildman–Crippen LogP) is -12.4. The number of Topliss-reactive ketones (excluding diaryl/α,β-unsaturated/α-hetero) is 1. The van der Waals surface area contributed by atoms with Gasteiger partial charge >= 0.3 is 118 Å². The van der Waals surface area contributed by atoms with E-state index in [2.05, 4.69) is 5.32 Å². The molecule has 0 spiro atoms. The first-order valence-electron chi connectivity index (χ1n) is 9.03. The fourth-order valence-corrected chi connectivity index (χ4v) is 5.25. The zero-order valence-electron chi connectivity index (χ0n) is 20.5. The molecule has 0 fully saturated rings. The average molecular weight is 570 g/mol. The largest absolute Gasteiger partial charge is 1.00 e. The summed E-state index contributed by atoms with van der Waals surface area (Å²) in [7, 11) is -10.2. The van der Waals surface area contributed by atoms with Crippen LogP contribution in [-0.2, 0) is 20.5 Å². The van der Waals surface area contributed by atoms with E-state index >= 15 is 0 Å². The first-order valence-corrected chi connectivity index (χ1v) is 12.2. The molecule has 0 unspecified atom stereocenters. The Balaban J connectivity index is 0. The second-order valence-electron chi connectivity index (χ2n) is 6.78. The van der Waals surface area contributed by atoms with E-state index in [9.17, 15) is 38.3 Å². The second kappa shape index (κ2) is 16.5. The van der Waals surface area contributed by atoms with E-state index in [1.165, 1.54) is 37.4 Å². The van der Waals surface area contributed by atoms with Crippen LogP contribution in [0, 0.1) is 0 Å². The summed E-state index contributed by atoms with van der Waals surface area (Å²) in [6.07, 6.45) is 1.04. The number of para-hydroxylation sites is 1. The van der Waals surface area contributed by atoms with Gasteiger partial charge in [0.05, 0.1) is 12.7 Å². The molecule has 0 bridgehead atoms. The van der Waals surface area contributed by atoms with E-state index in [4.69, 9.17) is 4.74 Å². The Bertz CT molecular complexity index is 1250. The molecule has 11 nitrogen and oxygen atoms in total. The summed E-state index contributed by atoms with van der Waals surface area (Å²) in [5.41, 5.74) is 0.314. The first kappa shape index (κ1) is 39.4. The fraction of sp³-hybridized carbons (Fsp3) is 0.158. The molecule has 0 aliphatic rings. The van der Waals surface area contributed by atoms with Crippen molar-refractivity contribution in [1.82, 2.24) is 4.57 Å². The van der Waals surface area contributed by atoms with Gasteiger partial charge in [0.25, 0.3) is 11.7 Å². The summed E-state index contributed by atoms with van der Waals surface area (Å²) in [5.74, 6) is -1.46. The molecule has 170 valence electrons. The number of amides is 1. The zero-order valence-corrected chi connectivity index (χ0v) is 30.3. The maximum atomic E-state index is 12.8. The van der Waals surface area contributed by atoms with Crippen LogP contribution in [0.5, 0.6) is 5.75 Å². The number of nitrogens with zero attached hydrogens (tertiary/aromatic N) is 1. The number of carbonyl (C=O) groups is 2. The zero-order chi connectivity index (χ0) is 23.7. The Morgan fingerprint density at radius 3 is 1.94 bits per heavy atom. The molecule has 0 saturated heterocycles. The van der Waals surface area contributed by atoms with Crippen molar-refractivity contribution < 1.29 is 161 Å². The van der Waals surface area contributed by atoms with Gasteiger partial charge in [-0.1, -0.05) is 33.4 Å². The standard InChI is InChI=1S/C19H20N2O9P2.4Na/c1-30-13-8-6-12(7-9-13)20-19(23)18(22)15-10-21(16-5-3-2-4-14(15)16)11-17(31(24,25)26)32(27,28)29;;;;/h2-10,17H,11H2,1H3,(H,20,23)(H2,24,25,26)(H2,27,28,29);;;;/q;4*+1/p-4. The molecule has 1 heterocycles. The number of aromatic nitrogens is 1. The number of carbonyl (C=O) groups excluding carboxylic acids is 2. The molecule has 1 N–H and O–H groups in total. The minimum atomic E-state index is -5.81. The van der Waals surface area contributed by atoms with Crippen LogP contribution >= 0.6 is 15.2 Å². The molecular formula is C19H16N2Na4O9P2. The maximum absolute atomic E-state index is 12.8. The monoisotopic (exact) mass is 570 g/mol. The van der Waals surface area contributed by atoms with Crippen LogP contribution in [0.4, 0.5) is 5.69 Å². The van der Waals surface area contributed by atoms with Gasteiger partial charge < -0.3 is 43.3 Å². The maximum Gasteiger partial charge on any atom is 1.00 e. The smallest absolute Gasteiger partial charge is 0.810 e. The van der Waals surface area contributed by atoms with Gasteiger partial charge in [-0.15, -0.1) is 0 Å². The van der Waals surface area contributed by atoms with E-state index in [-0.39, 0.29) is 135 Å². The Labute approximate surface area is 295 Å². The quantitative estimate of drug-likeness (QED) is 0.119. The molecule has 0 radical (unpaired) electrons. The van der Waals surface area contributed by atoms with Gasteiger partial charge in [-0.2, -0.15) is 0 Å². The van der Waals surface area contributed by atoms with Crippen LogP contribution in [0.1, 0.15) is 10.4 Å². The minimum Gasteiger partial charge on any atom is -0.810 e. The number of ketones is 1. The SMILES string of the molecule is COc1ccc(NC(=O)C(=O)c2cn(CC(P(=O)([O-])[O-])P(=O)([O-])[O-])c3ccccc23)cc1.[Na+].[Na+].[Na+].[Na+]. The normalized spacial score (nSPS) is 10.8. The number of nitrogens with one attached hydrogen (secondary N) is 1. The van der Waals surface area contributed by atoms with Crippen molar-refractivity contribution in [2.45, 2.75) is 11.9 Å². The molecule has 2 aromatic carbocycles. The fourth-order valence-electron chi connectivity index (χ4n) is 3.11. The third kappa shape index (κ3) is 10.0. The molecule has 36 heavy (non-hydrogen) atoms. The molecule has 3 aromatic rings. The summed E-state index contributed by atoms with van der Waals surface area (Å²) in [6, 6.07) is 12.1. The molecule has 0 saturated carbocycles. The summed E-state index contributed by atoms with van der Waals surface area (Å²) in [6.45, 7) is -1.01. The van der Waals surface area contributed by atoms with E-state index in [0.29, 0.717) is 11.4 Å². The van der Waals surface area contributed by atoms with E-state index in [1.807, 2.05) is 0 Å². The first-order chi connectivity index (χ1) is 14.9. The van der Waals surface area contributed by atoms with Crippen molar-refractivity contribution in [1.29, 1.82) is 0 Å². The summed E-state index contributed by atoms with van der Waals surface area (Å²) < 4.78 is 28.7. The van der Waals surface area contributed by atoms with Crippen LogP contribution < -0.4 is 148 Å². The van der Waals surface area contributed by atoms with Crippen molar-refractivity contribution >= 4 is 43.5 Å². The van der Waals surface area contributed by atoms with Gasteiger partial charge in [-0.25, -0.2) is 0 Å².